The number of rotatable bonds is 4. The molecule has 2 aromatic rings. The van der Waals surface area contributed by atoms with E-state index < -0.39 is 0 Å². The Labute approximate surface area is 140 Å². The molecule has 1 aliphatic rings. The van der Waals surface area contributed by atoms with Gasteiger partial charge in [-0.2, -0.15) is 0 Å². The number of hydrogen-bond donors (Lipinski definition) is 1. The summed E-state index contributed by atoms with van der Waals surface area (Å²) in [7, 11) is 0. The Kier molecular flexibility index (Phi) is 4.66. The van der Waals surface area contributed by atoms with E-state index in [0.29, 0.717) is 36.7 Å². The van der Waals surface area contributed by atoms with Crippen LogP contribution in [0.5, 0.6) is 0 Å². The van der Waals surface area contributed by atoms with Gasteiger partial charge in [0.1, 0.15) is 5.82 Å². The minimum atomic E-state index is -0.324. The van der Waals surface area contributed by atoms with Crippen molar-refractivity contribution < 1.29 is 9.50 Å². The molecular formula is C18H22FN3O2. The van der Waals surface area contributed by atoms with Crippen LogP contribution in [-0.4, -0.2) is 34.4 Å². The van der Waals surface area contributed by atoms with Gasteiger partial charge < -0.3 is 14.6 Å². The molecule has 1 aromatic heterocycles. The van der Waals surface area contributed by atoms with Crippen molar-refractivity contribution in [1.82, 2.24) is 9.55 Å². The van der Waals surface area contributed by atoms with E-state index in [1.807, 2.05) is 18.7 Å². The summed E-state index contributed by atoms with van der Waals surface area (Å²) >= 11 is 0. The number of benzene rings is 1. The van der Waals surface area contributed by atoms with Crippen molar-refractivity contribution >= 4 is 5.82 Å². The third kappa shape index (κ3) is 3.06. The number of nitrogens with zero attached hydrogens (tertiary/aromatic N) is 3. The van der Waals surface area contributed by atoms with Crippen molar-refractivity contribution in [1.29, 1.82) is 0 Å². The topological polar surface area (TPSA) is 58.4 Å². The second-order valence-electron chi connectivity index (χ2n) is 6.28. The molecule has 0 radical (unpaired) electrons. The molecule has 5 nitrogen and oxygen atoms in total. The van der Waals surface area contributed by atoms with Gasteiger partial charge >= 0.3 is 0 Å². The fourth-order valence-corrected chi connectivity index (χ4v) is 3.14. The van der Waals surface area contributed by atoms with E-state index in [0.717, 1.165) is 12.0 Å². The smallest absolute Gasteiger partial charge is 0.293 e. The van der Waals surface area contributed by atoms with E-state index in [9.17, 15) is 14.3 Å². The van der Waals surface area contributed by atoms with Gasteiger partial charge in [0, 0.05) is 43.9 Å². The molecule has 1 aliphatic heterocycles. The van der Waals surface area contributed by atoms with Crippen LogP contribution in [0, 0.1) is 18.7 Å². The van der Waals surface area contributed by atoms with Crippen LogP contribution < -0.4 is 10.5 Å². The Bertz CT molecular complexity index is 803. The first-order chi connectivity index (χ1) is 11.5. The molecule has 0 saturated carbocycles. The lowest BCUT2D eigenvalue weighted by Crippen LogP contribution is -2.32. The van der Waals surface area contributed by atoms with Crippen molar-refractivity contribution in [2.45, 2.75) is 26.8 Å². The van der Waals surface area contributed by atoms with E-state index in [2.05, 4.69) is 4.98 Å². The Morgan fingerprint density at radius 1 is 1.42 bits per heavy atom. The van der Waals surface area contributed by atoms with Crippen molar-refractivity contribution in [3.8, 4) is 11.3 Å². The van der Waals surface area contributed by atoms with E-state index in [-0.39, 0.29) is 23.9 Å². The molecule has 1 saturated heterocycles. The van der Waals surface area contributed by atoms with E-state index in [1.54, 1.807) is 16.8 Å². The fourth-order valence-electron chi connectivity index (χ4n) is 3.14. The Balaban J connectivity index is 2.10. The lowest BCUT2D eigenvalue weighted by Gasteiger charge is -2.19. The Morgan fingerprint density at radius 3 is 2.88 bits per heavy atom. The molecule has 1 aromatic carbocycles. The molecule has 128 valence electrons. The van der Waals surface area contributed by atoms with Gasteiger partial charge in [0.15, 0.2) is 5.82 Å². The van der Waals surface area contributed by atoms with Gasteiger partial charge in [-0.15, -0.1) is 0 Å². The average Bonchev–Trinajstić information content (AvgIpc) is 3.06. The molecule has 1 atom stereocenters. The molecule has 24 heavy (non-hydrogen) atoms. The van der Waals surface area contributed by atoms with E-state index in [1.165, 1.54) is 12.1 Å². The summed E-state index contributed by atoms with van der Waals surface area (Å²) in [5.41, 5.74) is 2.05. The predicted molar refractivity (Wildman–Crippen MR) is 91.7 cm³/mol. The highest BCUT2D eigenvalue weighted by Crippen LogP contribution is 2.25. The zero-order valence-electron chi connectivity index (χ0n) is 14.0. The maximum atomic E-state index is 13.7. The molecule has 0 amide bonds. The lowest BCUT2D eigenvalue weighted by atomic mass is 10.1. The fraction of sp³-hybridized carbons (Fsp3) is 0.444. The largest absolute Gasteiger partial charge is 0.396 e. The van der Waals surface area contributed by atoms with Gasteiger partial charge in [0.2, 0.25) is 0 Å². The number of aliphatic hydroxyl groups is 1. The van der Waals surface area contributed by atoms with Crippen LogP contribution in [0.4, 0.5) is 10.2 Å². The number of anilines is 1. The highest BCUT2D eigenvalue weighted by Gasteiger charge is 2.26. The van der Waals surface area contributed by atoms with Gasteiger partial charge in [-0.25, -0.2) is 9.37 Å². The molecule has 3 rings (SSSR count). The number of aromatic nitrogens is 2. The van der Waals surface area contributed by atoms with Crippen LogP contribution in [0.25, 0.3) is 11.3 Å². The third-order valence-electron chi connectivity index (χ3n) is 4.62. The first-order valence-corrected chi connectivity index (χ1v) is 8.27. The summed E-state index contributed by atoms with van der Waals surface area (Å²) in [5, 5.41) is 9.33. The van der Waals surface area contributed by atoms with Crippen LogP contribution in [0.2, 0.25) is 0 Å². The number of halogens is 1. The predicted octanol–water partition coefficient (Wildman–Crippen LogP) is 2.20. The van der Waals surface area contributed by atoms with Crippen LogP contribution in [0.1, 0.15) is 18.9 Å². The van der Waals surface area contributed by atoms with Crippen molar-refractivity contribution in [3.63, 3.8) is 0 Å². The van der Waals surface area contributed by atoms with Crippen molar-refractivity contribution in [2.75, 3.05) is 24.6 Å². The summed E-state index contributed by atoms with van der Waals surface area (Å²) < 4.78 is 15.3. The van der Waals surface area contributed by atoms with E-state index in [4.69, 9.17) is 0 Å². The molecule has 0 aliphatic carbocycles. The summed E-state index contributed by atoms with van der Waals surface area (Å²) in [4.78, 5) is 19.1. The Morgan fingerprint density at radius 2 is 2.21 bits per heavy atom. The number of hydrogen-bond acceptors (Lipinski definition) is 4. The van der Waals surface area contributed by atoms with Crippen molar-refractivity contribution in [2.24, 2.45) is 5.92 Å². The van der Waals surface area contributed by atoms with Gasteiger partial charge in [-0.1, -0.05) is 6.07 Å². The van der Waals surface area contributed by atoms with Gasteiger partial charge in [0.05, 0.1) is 5.69 Å². The van der Waals surface area contributed by atoms with Crippen molar-refractivity contribution in [3.05, 3.63) is 46.1 Å². The quantitative estimate of drug-likeness (QED) is 0.933. The summed E-state index contributed by atoms with van der Waals surface area (Å²) in [6, 6.07) is 4.58. The number of aliphatic hydroxyl groups excluding tert-OH is 1. The van der Waals surface area contributed by atoms with Crippen LogP contribution in [0.3, 0.4) is 0 Å². The molecule has 0 spiro atoms. The zero-order valence-corrected chi connectivity index (χ0v) is 14.0. The standard InChI is InChI=1S/C18H22FN3O2/c1-3-21-10-16(15-8-14(19)5-4-12(15)2)20-17(18(21)24)22-7-6-13(9-22)11-23/h4-5,8,10,13,23H,3,6-7,9,11H2,1-2H3/t13-/m1/s1. The van der Waals surface area contributed by atoms with Crippen LogP contribution >= 0.6 is 0 Å². The highest BCUT2D eigenvalue weighted by atomic mass is 19.1. The SMILES string of the molecule is CCn1cc(-c2cc(F)ccc2C)nc(N2CC[C@@H](CO)C2)c1=O. The van der Waals surface area contributed by atoms with E-state index >= 15 is 0 Å². The minimum absolute atomic E-state index is 0.112. The highest BCUT2D eigenvalue weighted by molar-refractivity contribution is 5.64. The minimum Gasteiger partial charge on any atom is -0.396 e. The molecule has 1 N–H and O–H groups in total. The van der Waals surface area contributed by atoms with Gasteiger partial charge in [-0.3, -0.25) is 4.79 Å². The molecule has 1 fully saturated rings. The van der Waals surface area contributed by atoms with Crippen LogP contribution in [-0.2, 0) is 6.54 Å². The first kappa shape index (κ1) is 16.6. The first-order valence-electron chi connectivity index (χ1n) is 8.27. The molecule has 2 heterocycles. The Hall–Kier alpha value is -2.21. The summed E-state index contributed by atoms with van der Waals surface area (Å²) in [6.45, 7) is 5.74. The molecular weight excluding hydrogens is 309 g/mol. The lowest BCUT2D eigenvalue weighted by molar-refractivity contribution is 0.238. The monoisotopic (exact) mass is 331 g/mol. The second kappa shape index (κ2) is 6.73. The average molecular weight is 331 g/mol. The third-order valence-corrected chi connectivity index (χ3v) is 4.62. The molecule has 0 unspecified atom stereocenters. The van der Waals surface area contributed by atoms with Crippen LogP contribution in [0.15, 0.2) is 29.2 Å². The summed E-state index contributed by atoms with van der Waals surface area (Å²) in [6.07, 6.45) is 2.53. The summed E-state index contributed by atoms with van der Waals surface area (Å²) in [5.74, 6) is 0.226. The van der Waals surface area contributed by atoms with Gasteiger partial charge in [0.25, 0.3) is 5.56 Å². The molecule has 6 heteroatoms. The maximum Gasteiger partial charge on any atom is 0.293 e. The zero-order chi connectivity index (χ0) is 17.3. The second-order valence-corrected chi connectivity index (χ2v) is 6.28. The van der Waals surface area contributed by atoms with Gasteiger partial charge in [-0.05, 0) is 38.0 Å². The number of aryl methyl sites for hydroxylation is 2. The normalized spacial score (nSPS) is 17.5. The molecule has 0 bridgehead atoms. The maximum absolute atomic E-state index is 13.7.